The molecule has 4 aromatic rings. The van der Waals surface area contributed by atoms with E-state index in [1.54, 1.807) is 19.4 Å². The number of nitrogens with zero attached hydrogens (tertiary/aromatic N) is 3. The van der Waals surface area contributed by atoms with E-state index in [-0.39, 0.29) is 41.1 Å². The molecule has 10 heteroatoms. The number of aromatic nitrogens is 3. The molecule has 2 heterocycles. The summed E-state index contributed by atoms with van der Waals surface area (Å²) in [7, 11) is 4.80. The third-order valence-electron chi connectivity index (χ3n) is 5.89. The Kier molecular flexibility index (Phi) is 8.02. The molecule has 1 amide bonds. The van der Waals surface area contributed by atoms with Crippen LogP contribution in [0.2, 0.25) is 0 Å². The van der Waals surface area contributed by atoms with E-state index < -0.39 is 11.4 Å². The van der Waals surface area contributed by atoms with Crippen molar-refractivity contribution >= 4 is 16.9 Å². The molecule has 198 valence electrons. The van der Waals surface area contributed by atoms with Gasteiger partial charge in [0.05, 0.1) is 19.6 Å². The van der Waals surface area contributed by atoms with Gasteiger partial charge in [-0.25, -0.2) is 14.4 Å². The molecule has 2 N–H and O–H groups in total. The lowest BCUT2D eigenvalue weighted by Gasteiger charge is -2.16. The predicted octanol–water partition coefficient (Wildman–Crippen LogP) is 3.53. The average Bonchev–Trinajstić information content (AvgIpc) is 2.90. The summed E-state index contributed by atoms with van der Waals surface area (Å²) < 4.78 is 25.9. The van der Waals surface area contributed by atoms with Gasteiger partial charge in [-0.1, -0.05) is 0 Å². The van der Waals surface area contributed by atoms with Crippen LogP contribution in [0.5, 0.6) is 11.5 Å². The maximum Gasteiger partial charge on any atom is 0.263 e. The lowest BCUT2D eigenvalue weighted by molar-refractivity contribution is -0.122. The summed E-state index contributed by atoms with van der Waals surface area (Å²) in [6, 6.07) is 11.5. The second-order valence-electron chi connectivity index (χ2n) is 9.09. The monoisotopic (exact) mass is 519 g/mol. The van der Waals surface area contributed by atoms with Crippen LogP contribution < -0.4 is 25.7 Å². The number of carbonyl (C=O) groups is 1. The van der Waals surface area contributed by atoms with E-state index in [0.717, 1.165) is 11.1 Å². The van der Waals surface area contributed by atoms with Gasteiger partial charge in [-0.3, -0.25) is 14.2 Å². The standard InChI is InChI=1S/C28H30FN5O4/c1-16(2)32-25(35)15-34-27(18-6-7-23(29)24(12-18)38-5)33-26-22(28(34)36)11-20(14-31-26)19-8-17(13-30-3)9-21(10-19)37-4/h6-12,14,16,30H,13,15H2,1-5H3,(H,32,35). The molecule has 0 aliphatic heterocycles. The topological polar surface area (TPSA) is 107 Å². The van der Waals surface area contributed by atoms with Crippen LogP contribution in [0.1, 0.15) is 19.4 Å². The number of pyridine rings is 1. The molecule has 0 radical (unpaired) electrons. The number of rotatable bonds is 9. The van der Waals surface area contributed by atoms with Crippen molar-refractivity contribution in [2.24, 2.45) is 0 Å². The molecule has 0 unspecified atom stereocenters. The first-order valence-corrected chi connectivity index (χ1v) is 12.1. The van der Waals surface area contributed by atoms with Crippen molar-refractivity contribution in [2.75, 3.05) is 21.3 Å². The molecule has 2 aromatic heterocycles. The second-order valence-corrected chi connectivity index (χ2v) is 9.09. The molecular formula is C28H30FN5O4. The van der Waals surface area contributed by atoms with E-state index >= 15 is 0 Å². The number of benzene rings is 2. The van der Waals surface area contributed by atoms with E-state index in [9.17, 15) is 14.0 Å². The van der Waals surface area contributed by atoms with E-state index in [2.05, 4.69) is 20.6 Å². The van der Waals surface area contributed by atoms with E-state index in [1.165, 1.54) is 29.9 Å². The average molecular weight is 520 g/mol. The largest absolute Gasteiger partial charge is 0.497 e. The minimum atomic E-state index is -0.554. The molecule has 0 atom stereocenters. The summed E-state index contributed by atoms with van der Waals surface area (Å²) in [5.41, 5.74) is 2.69. The van der Waals surface area contributed by atoms with Gasteiger partial charge in [-0.15, -0.1) is 0 Å². The Labute approximate surface area is 219 Å². The Morgan fingerprint density at radius 1 is 1.05 bits per heavy atom. The molecule has 0 aliphatic rings. The Balaban J connectivity index is 1.91. The number of hydrogen-bond donors (Lipinski definition) is 2. The van der Waals surface area contributed by atoms with Crippen molar-refractivity contribution < 1.29 is 18.7 Å². The van der Waals surface area contributed by atoms with Crippen molar-refractivity contribution in [3.8, 4) is 34.0 Å². The summed E-state index contributed by atoms with van der Waals surface area (Å²) in [6.07, 6.45) is 1.64. The molecule has 0 aliphatic carbocycles. The van der Waals surface area contributed by atoms with Crippen LogP contribution in [0.25, 0.3) is 33.5 Å². The quantitative estimate of drug-likeness (QED) is 0.348. The number of fused-ring (bicyclic) bond motifs is 1. The van der Waals surface area contributed by atoms with Crippen molar-refractivity contribution in [1.29, 1.82) is 0 Å². The maximum atomic E-state index is 14.1. The van der Waals surface area contributed by atoms with Crippen LogP contribution in [-0.4, -0.2) is 47.8 Å². The molecule has 0 fully saturated rings. The van der Waals surface area contributed by atoms with Gasteiger partial charge >= 0.3 is 0 Å². The summed E-state index contributed by atoms with van der Waals surface area (Å²) in [4.78, 5) is 35.6. The Hall–Kier alpha value is -4.31. The van der Waals surface area contributed by atoms with Crippen LogP contribution in [0.4, 0.5) is 4.39 Å². The van der Waals surface area contributed by atoms with E-state index in [4.69, 9.17) is 9.47 Å². The van der Waals surface area contributed by atoms with E-state index in [0.29, 0.717) is 23.4 Å². The highest BCUT2D eigenvalue weighted by Crippen LogP contribution is 2.29. The molecule has 0 saturated heterocycles. The summed E-state index contributed by atoms with van der Waals surface area (Å²) in [6.45, 7) is 4.02. The number of ether oxygens (including phenoxy) is 2. The molecule has 9 nitrogen and oxygen atoms in total. The van der Waals surface area contributed by atoms with Gasteiger partial charge < -0.3 is 20.1 Å². The van der Waals surface area contributed by atoms with Crippen molar-refractivity contribution in [2.45, 2.75) is 33.0 Å². The third kappa shape index (κ3) is 5.65. The number of nitrogens with one attached hydrogen (secondary N) is 2. The zero-order valence-corrected chi connectivity index (χ0v) is 22.0. The van der Waals surface area contributed by atoms with Gasteiger partial charge in [0.2, 0.25) is 5.91 Å². The minimum Gasteiger partial charge on any atom is -0.497 e. The summed E-state index contributed by atoms with van der Waals surface area (Å²) in [5, 5.41) is 6.16. The fourth-order valence-electron chi connectivity index (χ4n) is 4.19. The smallest absolute Gasteiger partial charge is 0.263 e. The molecule has 2 aromatic carbocycles. The van der Waals surface area contributed by atoms with Gasteiger partial charge in [0, 0.05) is 29.9 Å². The lowest BCUT2D eigenvalue weighted by Crippen LogP contribution is -2.37. The predicted molar refractivity (Wildman–Crippen MR) is 144 cm³/mol. The minimum absolute atomic E-state index is 0.00580. The second kappa shape index (κ2) is 11.4. The fraction of sp³-hybridized carbons (Fsp3) is 0.286. The zero-order valence-electron chi connectivity index (χ0n) is 22.0. The van der Waals surface area contributed by atoms with Gasteiger partial charge in [0.15, 0.2) is 17.2 Å². The zero-order chi connectivity index (χ0) is 27.4. The summed E-state index contributed by atoms with van der Waals surface area (Å²) in [5.74, 6) is -0.0601. The van der Waals surface area contributed by atoms with Crippen LogP contribution in [0.3, 0.4) is 0 Å². The van der Waals surface area contributed by atoms with Gasteiger partial charge in [0.25, 0.3) is 5.56 Å². The molecular weight excluding hydrogens is 489 g/mol. The van der Waals surface area contributed by atoms with Crippen molar-refractivity contribution in [3.05, 3.63) is 70.4 Å². The highest BCUT2D eigenvalue weighted by atomic mass is 19.1. The normalized spacial score (nSPS) is 11.1. The van der Waals surface area contributed by atoms with Crippen LogP contribution in [0.15, 0.2) is 53.5 Å². The van der Waals surface area contributed by atoms with Crippen LogP contribution in [-0.2, 0) is 17.9 Å². The highest BCUT2D eigenvalue weighted by Gasteiger charge is 2.19. The maximum absolute atomic E-state index is 14.1. The van der Waals surface area contributed by atoms with E-state index in [1.807, 2.05) is 39.1 Å². The Morgan fingerprint density at radius 3 is 2.53 bits per heavy atom. The number of hydrogen-bond acceptors (Lipinski definition) is 7. The third-order valence-corrected chi connectivity index (χ3v) is 5.89. The fourth-order valence-corrected chi connectivity index (χ4v) is 4.19. The molecule has 0 bridgehead atoms. The first kappa shape index (κ1) is 26.7. The van der Waals surface area contributed by atoms with Crippen molar-refractivity contribution in [3.63, 3.8) is 0 Å². The van der Waals surface area contributed by atoms with Gasteiger partial charge in [0.1, 0.15) is 18.1 Å². The SMILES string of the molecule is CNCc1cc(OC)cc(-c2cnc3nc(-c4ccc(F)c(OC)c4)n(CC(=O)NC(C)C)c(=O)c3c2)c1. The Morgan fingerprint density at radius 2 is 1.84 bits per heavy atom. The highest BCUT2D eigenvalue weighted by molar-refractivity contribution is 5.83. The van der Waals surface area contributed by atoms with Gasteiger partial charge in [-0.05, 0) is 74.5 Å². The van der Waals surface area contributed by atoms with Crippen LogP contribution in [0, 0.1) is 5.82 Å². The van der Waals surface area contributed by atoms with Gasteiger partial charge in [-0.2, -0.15) is 0 Å². The molecule has 0 spiro atoms. The molecule has 38 heavy (non-hydrogen) atoms. The first-order chi connectivity index (χ1) is 18.2. The first-order valence-electron chi connectivity index (χ1n) is 12.1. The summed E-state index contributed by atoms with van der Waals surface area (Å²) >= 11 is 0. The Bertz CT molecular complexity index is 1550. The lowest BCUT2D eigenvalue weighted by atomic mass is 10.0. The number of carbonyl (C=O) groups excluding carboxylic acids is 1. The van der Waals surface area contributed by atoms with Crippen molar-refractivity contribution in [1.82, 2.24) is 25.2 Å². The molecule has 0 saturated carbocycles. The number of amides is 1. The molecule has 4 rings (SSSR count). The number of methoxy groups -OCH3 is 2. The number of halogens is 1. The van der Waals surface area contributed by atoms with Crippen LogP contribution >= 0.6 is 0 Å².